The lowest BCUT2D eigenvalue weighted by Gasteiger charge is -2.14. The Morgan fingerprint density at radius 3 is 2.08 bits per heavy atom. The van der Waals surface area contributed by atoms with E-state index >= 15 is 0 Å². The highest BCUT2D eigenvalue weighted by Gasteiger charge is 2.12. The van der Waals surface area contributed by atoms with Crippen LogP contribution in [0.15, 0.2) is 65.7 Å². The third-order valence-corrected chi connectivity index (χ3v) is 4.01. The van der Waals surface area contributed by atoms with Gasteiger partial charge in [-0.25, -0.2) is 0 Å². The van der Waals surface area contributed by atoms with Crippen LogP contribution in [-0.2, 0) is 9.53 Å². The maximum Gasteiger partial charge on any atom is 0.229 e. The Morgan fingerprint density at radius 2 is 1.58 bits per heavy atom. The van der Waals surface area contributed by atoms with E-state index in [9.17, 15) is 4.79 Å². The minimum Gasteiger partial charge on any atom is -0.480 e. The van der Waals surface area contributed by atoms with Crippen molar-refractivity contribution < 1.29 is 9.53 Å². The van der Waals surface area contributed by atoms with E-state index in [1.807, 2.05) is 74.5 Å². The molecular weight excluding hydrogens is 344 g/mol. The van der Waals surface area contributed by atoms with Gasteiger partial charge in [0, 0.05) is 18.2 Å². The number of nitrogens with one attached hydrogen (secondary N) is 1. The molecule has 0 radical (unpaired) electrons. The molecule has 0 fully saturated rings. The van der Waals surface area contributed by atoms with Crippen molar-refractivity contribution in [3.05, 3.63) is 71.8 Å². The minimum absolute atomic E-state index is 0.0287. The normalized spacial score (nSPS) is 10.7. The molecule has 0 bridgehead atoms. The zero-order valence-corrected chi connectivity index (χ0v) is 16.4. The lowest BCUT2D eigenvalue weighted by atomic mass is 10.1. The van der Waals surface area contributed by atoms with Crippen molar-refractivity contribution in [2.24, 2.45) is 4.99 Å². The molecule has 2 aromatic carbocycles. The topological polar surface area (TPSA) is 50.7 Å². The highest BCUT2D eigenvalue weighted by molar-refractivity contribution is 7.99. The number of hydrogen-bond donors (Lipinski definition) is 1. The van der Waals surface area contributed by atoms with Gasteiger partial charge in [0.05, 0.1) is 5.75 Å². The molecule has 0 aliphatic heterocycles. The predicted molar refractivity (Wildman–Crippen MR) is 113 cm³/mol. The molecule has 5 heteroatoms. The molecule has 0 unspecified atom stereocenters. The van der Waals surface area contributed by atoms with Crippen LogP contribution in [0.5, 0.6) is 0 Å². The smallest absolute Gasteiger partial charge is 0.229 e. The van der Waals surface area contributed by atoms with E-state index in [0.29, 0.717) is 23.1 Å². The van der Waals surface area contributed by atoms with Gasteiger partial charge in [0.25, 0.3) is 0 Å². The molecule has 26 heavy (non-hydrogen) atoms. The van der Waals surface area contributed by atoms with E-state index in [-0.39, 0.29) is 5.91 Å². The van der Waals surface area contributed by atoms with Gasteiger partial charge >= 0.3 is 0 Å². The standard InChI is InChI=1S/C19H20N2O2S.C2H6/c1-20-17(22)13-24-14-23-19(16-11-7-4-8-12-16)18(21-2)15-9-5-3-6-10-15;1-2/h3-12H,2,13-14H2,1H3,(H,20,22);1-2H3/b19-18-;. The fourth-order valence-electron chi connectivity index (χ4n) is 2.08. The number of aliphatic imine (C=N–C) groups is 1. The Labute approximate surface area is 160 Å². The van der Waals surface area contributed by atoms with Crippen molar-refractivity contribution >= 4 is 35.8 Å². The first kappa shape index (κ1) is 21.5. The summed E-state index contributed by atoms with van der Waals surface area (Å²) in [7, 11) is 1.62. The van der Waals surface area contributed by atoms with Crippen LogP contribution in [0.25, 0.3) is 11.5 Å². The van der Waals surface area contributed by atoms with Gasteiger partial charge in [-0.2, -0.15) is 0 Å². The third kappa shape index (κ3) is 6.76. The van der Waals surface area contributed by atoms with Crippen LogP contribution in [-0.4, -0.2) is 31.4 Å². The lowest BCUT2D eigenvalue weighted by molar-refractivity contribution is -0.118. The first-order valence-electron chi connectivity index (χ1n) is 8.49. The molecule has 1 amide bonds. The van der Waals surface area contributed by atoms with Crippen LogP contribution in [0, 0.1) is 0 Å². The number of ether oxygens (including phenoxy) is 1. The number of amides is 1. The molecular formula is C21H26N2O2S. The molecule has 138 valence electrons. The van der Waals surface area contributed by atoms with Crippen molar-refractivity contribution in [1.29, 1.82) is 0 Å². The molecule has 2 aromatic rings. The molecule has 4 nitrogen and oxygen atoms in total. The zero-order chi connectivity index (χ0) is 19.2. The van der Waals surface area contributed by atoms with Gasteiger partial charge in [-0.3, -0.25) is 9.79 Å². The third-order valence-electron chi connectivity index (χ3n) is 3.25. The van der Waals surface area contributed by atoms with Crippen LogP contribution in [0.1, 0.15) is 25.0 Å². The van der Waals surface area contributed by atoms with Crippen molar-refractivity contribution in [3.63, 3.8) is 0 Å². The van der Waals surface area contributed by atoms with Gasteiger partial charge in [0.15, 0.2) is 5.76 Å². The average molecular weight is 371 g/mol. The molecule has 0 aromatic heterocycles. The average Bonchev–Trinajstić information content (AvgIpc) is 2.73. The second-order valence-electron chi connectivity index (χ2n) is 4.85. The molecule has 0 saturated carbocycles. The van der Waals surface area contributed by atoms with Gasteiger partial charge in [-0.1, -0.05) is 74.5 Å². The van der Waals surface area contributed by atoms with E-state index < -0.39 is 0 Å². The van der Waals surface area contributed by atoms with Gasteiger partial charge in [-0.15, -0.1) is 11.8 Å². The van der Waals surface area contributed by atoms with Gasteiger partial charge in [0.2, 0.25) is 5.91 Å². The molecule has 1 N–H and O–H groups in total. The van der Waals surface area contributed by atoms with E-state index in [0.717, 1.165) is 11.1 Å². The number of carbonyl (C=O) groups excluding carboxylic acids is 1. The Hall–Kier alpha value is -2.53. The SMILES string of the molecule is C=N/C(=C(\OCSCC(=O)NC)c1ccccc1)c1ccccc1.CC. The summed E-state index contributed by atoms with van der Waals surface area (Å²) < 4.78 is 5.96. The maximum absolute atomic E-state index is 11.3. The van der Waals surface area contributed by atoms with Crippen molar-refractivity contribution in [2.75, 3.05) is 18.7 Å². The van der Waals surface area contributed by atoms with Crippen LogP contribution in [0.3, 0.4) is 0 Å². The predicted octanol–water partition coefficient (Wildman–Crippen LogP) is 4.69. The van der Waals surface area contributed by atoms with Crippen LogP contribution < -0.4 is 5.32 Å². The molecule has 0 atom stereocenters. The summed E-state index contributed by atoms with van der Waals surface area (Å²) in [6.07, 6.45) is 0. The van der Waals surface area contributed by atoms with Crippen molar-refractivity contribution in [2.45, 2.75) is 13.8 Å². The summed E-state index contributed by atoms with van der Waals surface area (Å²) in [6, 6.07) is 19.6. The first-order chi connectivity index (χ1) is 12.8. The molecule has 0 heterocycles. The second-order valence-corrected chi connectivity index (χ2v) is 5.78. The van der Waals surface area contributed by atoms with Gasteiger partial charge < -0.3 is 10.1 Å². The maximum atomic E-state index is 11.3. The van der Waals surface area contributed by atoms with E-state index in [1.165, 1.54) is 11.8 Å². The highest BCUT2D eigenvalue weighted by Crippen LogP contribution is 2.29. The van der Waals surface area contributed by atoms with Crippen molar-refractivity contribution in [3.8, 4) is 0 Å². The van der Waals surface area contributed by atoms with Gasteiger partial charge in [-0.05, 0) is 6.72 Å². The number of thioether (sulfide) groups is 1. The van der Waals surface area contributed by atoms with E-state index in [4.69, 9.17) is 4.74 Å². The highest BCUT2D eigenvalue weighted by atomic mass is 32.2. The summed E-state index contributed by atoms with van der Waals surface area (Å²) in [6.45, 7) is 7.69. The monoisotopic (exact) mass is 370 g/mol. The van der Waals surface area contributed by atoms with Crippen molar-refractivity contribution in [1.82, 2.24) is 5.32 Å². The number of benzene rings is 2. The summed E-state index contributed by atoms with van der Waals surface area (Å²) in [5.41, 5.74) is 2.54. The number of hydrogen-bond acceptors (Lipinski definition) is 4. The fourth-order valence-corrected chi connectivity index (χ4v) is 2.69. The summed E-state index contributed by atoms with van der Waals surface area (Å²) in [4.78, 5) is 15.5. The van der Waals surface area contributed by atoms with Crippen LogP contribution in [0.2, 0.25) is 0 Å². The zero-order valence-electron chi connectivity index (χ0n) is 15.6. The molecule has 0 saturated heterocycles. The molecule has 0 aliphatic carbocycles. The Kier molecular flexibility index (Phi) is 10.6. The van der Waals surface area contributed by atoms with Gasteiger partial charge in [0.1, 0.15) is 11.6 Å². The minimum atomic E-state index is -0.0287. The second kappa shape index (κ2) is 12.8. The quantitative estimate of drug-likeness (QED) is 0.241. The fraction of sp³-hybridized carbons (Fsp3) is 0.238. The number of nitrogens with zero attached hydrogens (tertiary/aromatic N) is 1. The van der Waals surface area contributed by atoms with E-state index in [2.05, 4.69) is 17.0 Å². The summed E-state index contributed by atoms with van der Waals surface area (Å²) in [5, 5.41) is 2.59. The largest absolute Gasteiger partial charge is 0.480 e. The Morgan fingerprint density at radius 1 is 1.04 bits per heavy atom. The van der Waals surface area contributed by atoms with Crippen LogP contribution >= 0.6 is 11.8 Å². The lowest BCUT2D eigenvalue weighted by Crippen LogP contribution is -2.20. The Bertz CT molecular complexity index is 700. The summed E-state index contributed by atoms with van der Waals surface area (Å²) >= 11 is 1.40. The van der Waals surface area contributed by atoms with E-state index in [1.54, 1.807) is 7.05 Å². The molecule has 2 rings (SSSR count). The first-order valence-corrected chi connectivity index (χ1v) is 9.64. The molecule has 0 spiro atoms. The van der Waals surface area contributed by atoms with Crippen LogP contribution in [0.4, 0.5) is 0 Å². The molecule has 0 aliphatic rings. The summed E-state index contributed by atoms with van der Waals surface area (Å²) in [5.74, 6) is 1.32. The number of rotatable bonds is 8. The Balaban J connectivity index is 0.00000163. The number of carbonyl (C=O) groups is 1.